The molecule has 3 aromatic rings. The van der Waals surface area contributed by atoms with Gasteiger partial charge < -0.3 is 25.4 Å². The largest absolute Gasteiger partial charge is 2.00 e. The van der Waals surface area contributed by atoms with Gasteiger partial charge in [-0.15, -0.1) is 33.1 Å². The smallest absolute Gasteiger partial charge is 0.681 e. The molecule has 1 saturated heterocycles. The molecule has 1 fully saturated rings. The fraction of sp³-hybridized carbons (Fsp3) is 0.355. The zero-order valence-electron chi connectivity index (χ0n) is 22.6. The topological polar surface area (TPSA) is 76.6 Å². The maximum atomic E-state index is 11.0. The van der Waals surface area contributed by atoms with Gasteiger partial charge in [0.25, 0.3) is 0 Å². The molecule has 6 heteroatoms. The predicted molar refractivity (Wildman–Crippen MR) is 152 cm³/mol. The van der Waals surface area contributed by atoms with Crippen LogP contribution in [0, 0.1) is 32.6 Å². The van der Waals surface area contributed by atoms with Gasteiger partial charge in [0.15, 0.2) is 0 Å². The van der Waals surface area contributed by atoms with E-state index < -0.39 is 0 Å². The standard InChI is InChI=1S/C31H32N4O.Mg/c1-8-19-16(5)23-11-22-14(3)15(4)30(34-22)21-10-28(36)29-18(7)25(35-31(21)29)13-27-20(9-2)17(6)24(33-27)12-26(19)32-23;/h8,11-15,30,36H,1,9-10H2,2-7H3;/q-4;+2/b22-11-,24-12-,27-13-;/t14-,15-,30?;/m0./s1. The SMILES string of the molecule is C=Cc1c2[n-]c(c1C)/C=C1\[N-]C(C3=c4[n-]c(c(C)c4=C(O)C3)/C=c3\[n-]/c(c(C)c3CC)=C\2)[C@@H](C)[C@@H]1C.[Mg+2]. The maximum absolute atomic E-state index is 11.0. The number of aromatic nitrogens is 3. The van der Waals surface area contributed by atoms with Gasteiger partial charge in [-0.3, -0.25) is 0 Å². The number of hydrogen-bond donors (Lipinski definition) is 1. The van der Waals surface area contributed by atoms with Gasteiger partial charge in [0, 0.05) is 6.42 Å². The van der Waals surface area contributed by atoms with E-state index in [0.717, 1.165) is 72.7 Å². The second-order valence-corrected chi connectivity index (χ2v) is 10.5. The Hall–Kier alpha value is -2.83. The second kappa shape index (κ2) is 9.17. The average Bonchev–Trinajstić information content (AvgIpc) is 3.58. The van der Waals surface area contributed by atoms with Crippen LogP contribution in [0.15, 0.2) is 12.3 Å². The van der Waals surface area contributed by atoms with E-state index >= 15 is 0 Å². The van der Waals surface area contributed by atoms with Crippen LogP contribution in [0.2, 0.25) is 0 Å². The Morgan fingerprint density at radius 2 is 1.65 bits per heavy atom. The van der Waals surface area contributed by atoms with Crippen LogP contribution in [0.1, 0.15) is 72.1 Å². The molecule has 0 amide bonds. The summed E-state index contributed by atoms with van der Waals surface area (Å²) in [6.45, 7) is 17.0. The summed E-state index contributed by atoms with van der Waals surface area (Å²) in [5.41, 5.74) is 10.4. The minimum Gasteiger partial charge on any atom is -0.681 e. The van der Waals surface area contributed by atoms with Crippen molar-refractivity contribution in [2.45, 2.75) is 60.4 Å². The molecule has 37 heavy (non-hydrogen) atoms. The van der Waals surface area contributed by atoms with E-state index in [1.165, 1.54) is 11.1 Å². The van der Waals surface area contributed by atoms with Crippen molar-refractivity contribution < 1.29 is 5.11 Å². The zero-order chi connectivity index (χ0) is 25.5. The van der Waals surface area contributed by atoms with Crippen molar-refractivity contribution in [3.05, 3.63) is 83.8 Å². The van der Waals surface area contributed by atoms with Gasteiger partial charge in [-0.05, 0) is 49.8 Å². The predicted octanol–water partition coefficient (Wildman–Crippen LogP) is 2.57. The Bertz CT molecular complexity index is 1730. The summed E-state index contributed by atoms with van der Waals surface area (Å²) in [5.74, 6) is 0.984. The molecule has 1 unspecified atom stereocenters. The van der Waals surface area contributed by atoms with Gasteiger partial charge in [-0.25, -0.2) is 0 Å². The van der Waals surface area contributed by atoms with E-state index in [-0.39, 0.29) is 35.0 Å². The molecule has 3 atom stereocenters. The number of rotatable bonds is 2. The number of nitrogens with zero attached hydrogens (tertiary/aromatic N) is 4. The molecule has 0 aromatic carbocycles. The first kappa shape index (κ1) is 25.8. The molecule has 8 bridgehead atoms. The van der Waals surface area contributed by atoms with Gasteiger partial charge in [0.05, 0.1) is 0 Å². The van der Waals surface area contributed by atoms with Crippen molar-refractivity contribution in [1.29, 1.82) is 0 Å². The van der Waals surface area contributed by atoms with Crippen molar-refractivity contribution in [2.75, 3.05) is 0 Å². The fourth-order valence-corrected chi connectivity index (χ4v) is 6.24. The molecule has 5 heterocycles. The fourth-order valence-electron chi connectivity index (χ4n) is 6.24. The minimum absolute atomic E-state index is 0. The van der Waals surface area contributed by atoms with Crippen molar-refractivity contribution >= 4 is 58.7 Å². The Labute approximate surface area is 234 Å². The average molecular weight is 501 g/mol. The van der Waals surface area contributed by atoms with Crippen molar-refractivity contribution in [3.8, 4) is 0 Å². The first-order chi connectivity index (χ1) is 17.2. The molecule has 0 saturated carbocycles. The molecular weight excluding hydrogens is 469 g/mol. The quantitative estimate of drug-likeness (QED) is 0.549. The third-order valence-electron chi connectivity index (χ3n) is 8.66. The molecule has 5 nitrogen and oxygen atoms in total. The third kappa shape index (κ3) is 3.71. The number of hydrogen-bond acceptors (Lipinski definition) is 1. The second-order valence-electron chi connectivity index (χ2n) is 10.5. The molecule has 3 aliphatic rings. The van der Waals surface area contributed by atoms with Crippen LogP contribution < -0.4 is 36.2 Å². The Morgan fingerprint density at radius 3 is 2.35 bits per heavy atom. The van der Waals surface area contributed by atoms with Crippen molar-refractivity contribution in [1.82, 2.24) is 15.0 Å². The summed E-state index contributed by atoms with van der Waals surface area (Å²) in [6, 6.07) is -0.0121. The summed E-state index contributed by atoms with van der Waals surface area (Å²) in [5, 5.41) is 19.9. The number of fused-ring (bicyclic) bond motifs is 8. The Morgan fingerprint density at radius 1 is 0.946 bits per heavy atom. The summed E-state index contributed by atoms with van der Waals surface area (Å²) in [7, 11) is 0. The van der Waals surface area contributed by atoms with Crippen LogP contribution >= 0.6 is 0 Å². The monoisotopic (exact) mass is 500 g/mol. The van der Waals surface area contributed by atoms with E-state index in [1.54, 1.807) is 0 Å². The summed E-state index contributed by atoms with van der Waals surface area (Å²) in [4.78, 5) is 15.1. The Balaban J connectivity index is 0.00000280. The molecule has 0 radical (unpaired) electrons. The molecule has 2 aliphatic heterocycles. The van der Waals surface area contributed by atoms with E-state index in [1.807, 2.05) is 6.08 Å². The third-order valence-corrected chi connectivity index (χ3v) is 8.66. The molecule has 186 valence electrons. The van der Waals surface area contributed by atoms with Crippen LogP contribution in [0.25, 0.3) is 41.0 Å². The van der Waals surface area contributed by atoms with Crippen LogP contribution in [0.3, 0.4) is 0 Å². The van der Waals surface area contributed by atoms with E-state index in [9.17, 15) is 5.11 Å². The van der Waals surface area contributed by atoms with Gasteiger partial charge in [-0.2, -0.15) is 5.70 Å². The molecule has 3 aromatic heterocycles. The van der Waals surface area contributed by atoms with Gasteiger partial charge in [0.1, 0.15) is 5.76 Å². The number of allylic oxidation sites excluding steroid dienone is 1. The first-order valence-corrected chi connectivity index (χ1v) is 12.9. The van der Waals surface area contributed by atoms with Crippen LogP contribution in [0.4, 0.5) is 0 Å². The summed E-state index contributed by atoms with van der Waals surface area (Å²) in [6.07, 6.45) is 9.60. The van der Waals surface area contributed by atoms with Crippen LogP contribution in [-0.2, 0) is 6.42 Å². The molecule has 6 rings (SSSR count). The van der Waals surface area contributed by atoms with Crippen LogP contribution in [-0.4, -0.2) is 34.2 Å². The molecule has 1 N–H and O–H groups in total. The van der Waals surface area contributed by atoms with Gasteiger partial charge in [-0.1, -0.05) is 85.5 Å². The van der Waals surface area contributed by atoms with E-state index in [4.69, 9.17) is 20.3 Å². The molecule has 1 aliphatic carbocycles. The van der Waals surface area contributed by atoms with Gasteiger partial charge >= 0.3 is 23.1 Å². The van der Waals surface area contributed by atoms with Crippen molar-refractivity contribution in [3.63, 3.8) is 0 Å². The van der Waals surface area contributed by atoms with E-state index in [0.29, 0.717) is 18.1 Å². The molecule has 0 spiro atoms. The number of aliphatic hydroxyl groups excluding tert-OH is 1. The summed E-state index contributed by atoms with van der Waals surface area (Å²) < 4.78 is 0. The minimum atomic E-state index is -0.0121. The molecular formula is C31H32MgN4O-2. The number of aliphatic hydroxyl groups is 1. The zero-order valence-corrected chi connectivity index (χ0v) is 24.0. The summed E-state index contributed by atoms with van der Waals surface area (Å²) >= 11 is 0. The normalized spacial score (nSPS) is 24.9. The van der Waals surface area contributed by atoms with Gasteiger partial charge in [0.2, 0.25) is 0 Å². The Kier molecular flexibility index (Phi) is 6.40. The van der Waals surface area contributed by atoms with Crippen LogP contribution in [0.5, 0.6) is 0 Å². The first-order valence-electron chi connectivity index (χ1n) is 12.9. The van der Waals surface area contributed by atoms with Crippen molar-refractivity contribution in [2.24, 2.45) is 11.8 Å². The maximum Gasteiger partial charge on any atom is 2.00 e. The van der Waals surface area contributed by atoms with E-state index in [2.05, 4.69) is 66.3 Å².